The Hall–Kier alpha value is -1.73. The third-order valence-corrected chi connectivity index (χ3v) is 3.69. The average Bonchev–Trinajstić information content (AvgIpc) is 2.54. The Kier molecular flexibility index (Phi) is 4.74. The maximum atomic E-state index is 12.8. The summed E-state index contributed by atoms with van der Waals surface area (Å²) < 4.78 is 15.5. The van der Waals surface area contributed by atoms with Gasteiger partial charge in [0, 0.05) is 13.1 Å². The quantitative estimate of drug-likeness (QED) is 0.743. The number of rotatable bonds is 5. The summed E-state index contributed by atoms with van der Waals surface area (Å²) >= 11 is 0. The first-order chi connectivity index (χ1) is 10.0. The molecular weight excluding hydrogens is 274 g/mol. The first kappa shape index (κ1) is 15.7. The maximum Gasteiger partial charge on any atom is 0.246 e. The molecule has 0 spiro atoms. The number of hydrogen-bond donors (Lipinski definition) is 0. The number of carbonyl (C=O) groups excluding carboxylic acids is 1. The van der Waals surface area contributed by atoms with E-state index in [1.807, 2.05) is 13.8 Å². The normalized spacial score (nSPS) is 16.6. The minimum atomic E-state index is -0.694. The van der Waals surface area contributed by atoms with Crippen molar-refractivity contribution in [3.63, 3.8) is 0 Å². The number of Topliss-reactive ketones (excluding diaryl/α,β-unsaturated/α-hetero) is 1. The molecule has 7 heteroatoms. The Morgan fingerprint density at radius 2 is 1.95 bits per heavy atom. The second-order valence-electron chi connectivity index (χ2n) is 5.26. The molecule has 21 heavy (non-hydrogen) atoms. The summed E-state index contributed by atoms with van der Waals surface area (Å²) in [5.41, 5.74) is -0.477. The summed E-state index contributed by atoms with van der Waals surface area (Å²) in [6, 6.07) is 0. The maximum absolute atomic E-state index is 12.8. The van der Waals surface area contributed by atoms with Crippen molar-refractivity contribution in [3.05, 3.63) is 11.9 Å². The third-order valence-electron chi connectivity index (χ3n) is 3.69. The number of nitrogens with zero attached hydrogens (tertiary/aromatic N) is 3. The van der Waals surface area contributed by atoms with Crippen LogP contribution in [0.3, 0.4) is 0 Å². The van der Waals surface area contributed by atoms with E-state index in [4.69, 9.17) is 14.2 Å². The summed E-state index contributed by atoms with van der Waals surface area (Å²) in [6.45, 7) is 6.44. The van der Waals surface area contributed by atoms with Crippen LogP contribution in [0.25, 0.3) is 0 Å². The highest BCUT2D eigenvalue weighted by Crippen LogP contribution is 2.26. The van der Waals surface area contributed by atoms with Gasteiger partial charge in [-0.3, -0.25) is 9.69 Å². The van der Waals surface area contributed by atoms with Gasteiger partial charge >= 0.3 is 0 Å². The Labute approximate surface area is 124 Å². The van der Waals surface area contributed by atoms with Gasteiger partial charge in [-0.2, -0.15) is 4.98 Å². The van der Waals surface area contributed by atoms with Crippen LogP contribution >= 0.6 is 0 Å². The minimum Gasteiger partial charge on any atom is -0.480 e. The molecule has 0 saturated carbocycles. The molecule has 2 rings (SSSR count). The van der Waals surface area contributed by atoms with E-state index >= 15 is 0 Å². The molecule has 0 atom stereocenters. The largest absolute Gasteiger partial charge is 0.480 e. The number of hydrogen-bond acceptors (Lipinski definition) is 7. The fourth-order valence-electron chi connectivity index (χ4n) is 2.31. The van der Waals surface area contributed by atoms with Gasteiger partial charge < -0.3 is 14.2 Å². The summed E-state index contributed by atoms with van der Waals surface area (Å²) in [6.07, 6.45) is 1.42. The predicted octanol–water partition coefficient (Wildman–Crippen LogP) is 0.787. The van der Waals surface area contributed by atoms with Gasteiger partial charge in [0.1, 0.15) is 0 Å². The van der Waals surface area contributed by atoms with Crippen LogP contribution in [0.4, 0.5) is 0 Å². The Balaban J connectivity index is 2.29. The van der Waals surface area contributed by atoms with E-state index in [1.54, 1.807) is 0 Å². The lowest BCUT2D eigenvalue weighted by Gasteiger charge is -2.39. The Morgan fingerprint density at radius 1 is 1.29 bits per heavy atom. The highest BCUT2D eigenvalue weighted by atomic mass is 16.5. The van der Waals surface area contributed by atoms with E-state index in [9.17, 15) is 4.79 Å². The zero-order chi connectivity index (χ0) is 15.5. The van der Waals surface area contributed by atoms with E-state index in [2.05, 4.69) is 14.9 Å². The van der Waals surface area contributed by atoms with Crippen molar-refractivity contribution in [1.29, 1.82) is 0 Å². The fraction of sp³-hybridized carbons (Fsp3) is 0.643. The number of aromatic nitrogens is 2. The van der Waals surface area contributed by atoms with E-state index in [1.165, 1.54) is 20.4 Å². The molecule has 1 aliphatic heterocycles. The lowest BCUT2D eigenvalue weighted by atomic mass is 9.93. The van der Waals surface area contributed by atoms with Crippen molar-refractivity contribution in [2.75, 3.05) is 40.5 Å². The first-order valence-electron chi connectivity index (χ1n) is 6.83. The molecule has 1 aliphatic rings. The van der Waals surface area contributed by atoms with Crippen molar-refractivity contribution >= 4 is 5.78 Å². The van der Waals surface area contributed by atoms with Crippen molar-refractivity contribution < 1.29 is 19.0 Å². The van der Waals surface area contributed by atoms with Gasteiger partial charge in [-0.25, -0.2) is 4.98 Å². The zero-order valence-corrected chi connectivity index (χ0v) is 12.9. The smallest absolute Gasteiger partial charge is 0.246 e. The molecule has 0 aliphatic carbocycles. The molecule has 1 saturated heterocycles. The van der Waals surface area contributed by atoms with E-state index in [-0.39, 0.29) is 17.4 Å². The summed E-state index contributed by atoms with van der Waals surface area (Å²) in [7, 11) is 2.95. The van der Waals surface area contributed by atoms with Gasteiger partial charge in [-0.1, -0.05) is 0 Å². The van der Waals surface area contributed by atoms with E-state index < -0.39 is 5.54 Å². The SMILES string of the molecule is COc1cnc(C(=O)C(C)(C)N2CCOCC2)c(OC)n1. The Bertz CT molecular complexity index is 513. The highest BCUT2D eigenvalue weighted by Gasteiger charge is 2.38. The zero-order valence-electron chi connectivity index (χ0n) is 12.9. The van der Waals surface area contributed by atoms with Crippen LogP contribution in [-0.4, -0.2) is 66.7 Å². The lowest BCUT2D eigenvalue weighted by Crippen LogP contribution is -2.54. The highest BCUT2D eigenvalue weighted by molar-refractivity contribution is 6.02. The van der Waals surface area contributed by atoms with E-state index in [0.29, 0.717) is 32.2 Å². The number of morpholine rings is 1. The van der Waals surface area contributed by atoms with Crippen molar-refractivity contribution in [2.45, 2.75) is 19.4 Å². The van der Waals surface area contributed by atoms with Gasteiger partial charge in [-0.15, -0.1) is 0 Å². The fourth-order valence-corrected chi connectivity index (χ4v) is 2.31. The topological polar surface area (TPSA) is 73.8 Å². The van der Waals surface area contributed by atoms with Crippen LogP contribution in [-0.2, 0) is 4.74 Å². The van der Waals surface area contributed by atoms with Gasteiger partial charge in [0.05, 0.1) is 39.2 Å². The van der Waals surface area contributed by atoms with Gasteiger partial charge in [-0.05, 0) is 13.8 Å². The predicted molar refractivity (Wildman–Crippen MR) is 75.9 cm³/mol. The second-order valence-corrected chi connectivity index (χ2v) is 5.26. The summed E-state index contributed by atoms with van der Waals surface area (Å²) in [4.78, 5) is 23.2. The van der Waals surface area contributed by atoms with Crippen LogP contribution in [0.2, 0.25) is 0 Å². The number of methoxy groups -OCH3 is 2. The molecule has 0 radical (unpaired) electrons. The molecule has 0 unspecified atom stereocenters. The number of ether oxygens (including phenoxy) is 3. The molecule has 1 aromatic heterocycles. The average molecular weight is 295 g/mol. The third kappa shape index (κ3) is 3.14. The standard InChI is InChI=1S/C14H21N3O4/c1-14(2,17-5-7-21-8-6-17)12(18)11-13(20-4)16-10(19-3)9-15-11/h9H,5-8H2,1-4H3. The lowest BCUT2D eigenvalue weighted by molar-refractivity contribution is -0.00459. The second kappa shape index (κ2) is 6.36. The van der Waals surface area contributed by atoms with Crippen LogP contribution < -0.4 is 9.47 Å². The molecule has 0 aromatic carbocycles. The van der Waals surface area contributed by atoms with Gasteiger partial charge in [0.15, 0.2) is 5.69 Å². The molecule has 0 N–H and O–H groups in total. The van der Waals surface area contributed by atoms with Gasteiger partial charge in [0.25, 0.3) is 0 Å². The molecule has 0 bridgehead atoms. The molecule has 116 valence electrons. The first-order valence-corrected chi connectivity index (χ1v) is 6.83. The van der Waals surface area contributed by atoms with Crippen LogP contribution in [0, 0.1) is 0 Å². The summed E-state index contributed by atoms with van der Waals surface area (Å²) in [5.74, 6) is 0.365. The monoisotopic (exact) mass is 295 g/mol. The molecule has 1 aromatic rings. The summed E-state index contributed by atoms with van der Waals surface area (Å²) in [5, 5.41) is 0. The number of carbonyl (C=O) groups is 1. The molecular formula is C14H21N3O4. The van der Waals surface area contributed by atoms with E-state index in [0.717, 1.165) is 0 Å². The molecule has 1 fully saturated rings. The van der Waals surface area contributed by atoms with Gasteiger partial charge in [0.2, 0.25) is 17.5 Å². The van der Waals surface area contributed by atoms with Crippen LogP contribution in [0.1, 0.15) is 24.3 Å². The van der Waals surface area contributed by atoms with Crippen LogP contribution in [0.5, 0.6) is 11.8 Å². The minimum absolute atomic E-state index is 0.128. The van der Waals surface area contributed by atoms with Crippen LogP contribution in [0.15, 0.2) is 6.20 Å². The molecule has 2 heterocycles. The number of ketones is 1. The van der Waals surface area contributed by atoms with Crippen molar-refractivity contribution in [2.24, 2.45) is 0 Å². The van der Waals surface area contributed by atoms with Crippen molar-refractivity contribution in [1.82, 2.24) is 14.9 Å². The molecule has 0 amide bonds. The molecule has 7 nitrogen and oxygen atoms in total. The van der Waals surface area contributed by atoms with Crippen molar-refractivity contribution in [3.8, 4) is 11.8 Å². The Morgan fingerprint density at radius 3 is 2.52 bits per heavy atom.